The number of hydrogen-bond acceptors (Lipinski definition) is 6. The van der Waals surface area contributed by atoms with Crippen molar-refractivity contribution in [2.24, 2.45) is 0 Å². The second-order valence-electron chi connectivity index (χ2n) is 6.93. The summed E-state index contributed by atoms with van der Waals surface area (Å²) < 4.78 is 0. The third-order valence-corrected chi connectivity index (χ3v) is 4.53. The highest BCUT2D eigenvalue weighted by molar-refractivity contribution is 5.91. The normalized spacial score (nSPS) is 10.8. The first-order valence-corrected chi connectivity index (χ1v) is 10.1. The molecule has 2 radical (unpaired) electrons. The maximum absolute atomic E-state index is 12.3. The van der Waals surface area contributed by atoms with Crippen molar-refractivity contribution in [3.8, 4) is 0 Å². The SMILES string of the molecule is [CH2]CCCCCC[C](OOC(=O)c1ccccc1C)OOC(=O)c1ccccc1C. The lowest BCUT2D eigenvalue weighted by molar-refractivity contribution is -0.364. The predicted molar refractivity (Wildman–Crippen MR) is 112 cm³/mol. The minimum Gasteiger partial charge on any atom is -0.289 e. The van der Waals surface area contributed by atoms with Crippen LogP contribution in [0, 0.1) is 27.1 Å². The van der Waals surface area contributed by atoms with E-state index in [0.717, 1.165) is 43.2 Å². The zero-order valence-corrected chi connectivity index (χ0v) is 17.5. The van der Waals surface area contributed by atoms with Gasteiger partial charge in [-0.15, -0.1) is 9.78 Å². The van der Waals surface area contributed by atoms with Crippen LogP contribution in [0.5, 0.6) is 0 Å². The Bertz CT molecular complexity index is 755. The lowest BCUT2D eigenvalue weighted by atomic mass is 10.1. The second kappa shape index (κ2) is 12.8. The molecule has 0 saturated carbocycles. The van der Waals surface area contributed by atoms with Gasteiger partial charge in [0.25, 0.3) is 0 Å². The second-order valence-corrected chi connectivity index (χ2v) is 6.93. The highest BCUT2D eigenvalue weighted by atomic mass is 17.3. The van der Waals surface area contributed by atoms with E-state index in [1.54, 1.807) is 50.2 Å². The summed E-state index contributed by atoms with van der Waals surface area (Å²) >= 11 is 0. The van der Waals surface area contributed by atoms with Crippen LogP contribution < -0.4 is 0 Å². The predicted octanol–water partition coefficient (Wildman–Crippen LogP) is 5.84. The number of hydrogen-bond donors (Lipinski definition) is 0. The van der Waals surface area contributed by atoms with Gasteiger partial charge >= 0.3 is 18.2 Å². The molecule has 0 aliphatic rings. The molecule has 0 atom stereocenters. The first kappa shape index (κ1) is 23.6. The lowest BCUT2D eigenvalue weighted by Crippen LogP contribution is -2.17. The topological polar surface area (TPSA) is 71.1 Å². The summed E-state index contributed by atoms with van der Waals surface area (Å²) in [6.45, 7) is 7.41. The van der Waals surface area contributed by atoms with E-state index in [9.17, 15) is 9.59 Å². The molecular weight excluding hydrogens is 384 g/mol. The third kappa shape index (κ3) is 7.61. The van der Waals surface area contributed by atoms with Crippen LogP contribution >= 0.6 is 0 Å². The van der Waals surface area contributed by atoms with E-state index in [-0.39, 0.29) is 6.29 Å². The Labute approximate surface area is 178 Å². The Kier molecular flexibility index (Phi) is 10.0. The van der Waals surface area contributed by atoms with E-state index in [0.29, 0.717) is 17.5 Å². The molecule has 0 aromatic heterocycles. The van der Waals surface area contributed by atoms with Crippen molar-refractivity contribution in [1.82, 2.24) is 0 Å². The molecule has 6 heteroatoms. The van der Waals surface area contributed by atoms with Crippen LogP contribution in [0.2, 0.25) is 0 Å². The molecule has 0 aliphatic carbocycles. The van der Waals surface area contributed by atoms with Crippen molar-refractivity contribution in [1.29, 1.82) is 0 Å². The van der Waals surface area contributed by atoms with E-state index < -0.39 is 11.9 Å². The van der Waals surface area contributed by atoms with E-state index in [4.69, 9.17) is 19.6 Å². The van der Waals surface area contributed by atoms with Crippen LogP contribution in [0.15, 0.2) is 48.5 Å². The molecule has 0 aliphatic heterocycles. The summed E-state index contributed by atoms with van der Waals surface area (Å²) in [6, 6.07) is 14.0. The molecule has 0 unspecified atom stereocenters. The summed E-state index contributed by atoms with van der Waals surface area (Å²) in [6.07, 6.45) is 4.80. The summed E-state index contributed by atoms with van der Waals surface area (Å²) in [5, 5.41) is 0. The van der Waals surface area contributed by atoms with Crippen molar-refractivity contribution in [2.75, 3.05) is 0 Å². The minimum atomic E-state index is -0.656. The molecule has 0 fully saturated rings. The van der Waals surface area contributed by atoms with Crippen LogP contribution in [-0.2, 0) is 19.6 Å². The van der Waals surface area contributed by atoms with Gasteiger partial charge in [0.05, 0.1) is 11.1 Å². The number of carbonyl (C=O) groups excluding carboxylic acids is 2. The number of carbonyl (C=O) groups is 2. The average molecular weight is 412 g/mol. The largest absolute Gasteiger partial charge is 0.373 e. The van der Waals surface area contributed by atoms with Gasteiger partial charge < -0.3 is 0 Å². The Balaban J connectivity index is 1.92. The minimum absolute atomic E-state index is 0.0894. The fraction of sp³-hybridized carbons (Fsp3) is 0.333. The van der Waals surface area contributed by atoms with Gasteiger partial charge in [0, 0.05) is 6.42 Å². The Morgan fingerprint density at radius 3 is 1.63 bits per heavy atom. The van der Waals surface area contributed by atoms with Gasteiger partial charge in [0.15, 0.2) is 0 Å². The Morgan fingerprint density at radius 2 is 1.17 bits per heavy atom. The van der Waals surface area contributed by atoms with Crippen molar-refractivity contribution in [2.45, 2.75) is 52.4 Å². The summed E-state index contributed by atoms with van der Waals surface area (Å²) in [5.41, 5.74) is 2.27. The van der Waals surface area contributed by atoms with Gasteiger partial charge in [-0.1, -0.05) is 69.0 Å². The van der Waals surface area contributed by atoms with Crippen LogP contribution in [0.3, 0.4) is 0 Å². The van der Waals surface area contributed by atoms with E-state index >= 15 is 0 Å². The van der Waals surface area contributed by atoms with Crippen LogP contribution in [-0.4, -0.2) is 11.9 Å². The van der Waals surface area contributed by atoms with Crippen LogP contribution in [0.1, 0.15) is 70.4 Å². The fourth-order valence-electron chi connectivity index (χ4n) is 2.76. The molecule has 160 valence electrons. The van der Waals surface area contributed by atoms with Gasteiger partial charge in [-0.3, -0.25) is 9.78 Å². The first-order valence-electron chi connectivity index (χ1n) is 10.1. The first-order chi connectivity index (χ1) is 14.5. The quantitative estimate of drug-likeness (QED) is 0.248. The monoisotopic (exact) mass is 412 g/mol. The summed E-state index contributed by atoms with van der Waals surface area (Å²) in [5.74, 6) is -1.31. The molecule has 0 spiro atoms. The van der Waals surface area contributed by atoms with Gasteiger partial charge in [0.2, 0.25) is 0 Å². The smallest absolute Gasteiger partial charge is 0.289 e. The standard InChI is InChI=1S/C24H28O6/c1-4-5-6-7-8-17-22(27-29-23(25)20-15-11-9-13-18(20)2)28-30-24(26)21-16-12-10-14-19(21)3/h9-16H,1,4-8,17H2,2-3H3. The number of unbranched alkanes of at least 4 members (excludes halogenated alkanes) is 4. The molecule has 0 amide bonds. The van der Waals surface area contributed by atoms with Gasteiger partial charge in [0.1, 0.15) is 0 Å². The highest BCUT2D eigenvalue weighted by Crippen LogP contribution is 2.20. The lowest BCUT2D eigenvalue weighted by Gasteiger charge is -2.14. The summed E-state index contributed by atoms with van der Waals surface area (Å²) in [7, 11) is 0. The zero-order valence-electron chi connectivity index (χ0n) is 17.5. The Hall–Kier alpha value is -2.70. The molecule has 6 nitrogen and oxygen atoms in total. The maximum atomic E-state index is 12.3. The molecule has 0 bridgehead atoms. The van der Waals surface area contributed by atoms with Gasteiger partial charge in [-0.05, 0) is 43.5 Å². The van der Waals surface area contributed by atoms with E-state index in [1.165, 1.54) is 0 Å². The molecule has 2 aromatic rings. The molecule has 0 heterocycles. The van der Waals surface area contributed by atoms with Crippen molar-refractivity contribution in [3.63, 3.8) is 0 Å². The summed E-state index contributed by atoms with van der Waals surface area (Å²) in [4.78, 5) is 44.5. The third-order valence-electron chi connectivity index (χ3n) is 4.53. The van der Waals surface area contributed by atoms with E-state index in [2.05, 4.69) is 6.92 Å². The fourth-order valence-corrected chi connectivity index (χ4v) is 2.76. The molecule has 0 saturated heterocycles. The van der Waals surface area contributed by atoms with Crippen molar-refractivity contribution >= 4 is 11.9 Å². The number of rotatable bonds is 12. The molecule has 2 aromatic carbocycles. The highest BCUT2D eigenvalue weighted by Gasteiger charge is 2.22. The molecule has 30 heavy (non-hydrogen) atoms. The molecular formula is C24H28O6. The van der Waals surface area contributed by atoms with Crippen LogP contribution in [0.25, 0.3) is 0 Å². The van der Waals surface area contributed by atoms with Gasteiger partial charge in [-0.25, -0.2) is 9.59 Å². The van der Waals surface area contributed by atoms with Gasteiger partial charge in [-0.2, -0.15) is 0 Å². The molecule has 0 N–H and O–H groups in total. The maximum Gasteiger partial charge on any atom is 0.373 e. The van der Waals surface area contributed by atoms with Crippen molar-refractivity contribution < 1.29 is 29.1 Å². The Morgan fingerprint density at radius 1 is 0.700 bits per heavy atom. The number of benzene rings is 2. The van der Waals surface area contributed by atoms with E-state index in [1.807, 2.05) is 12.1 Å². The van der Waals surface area contributed by atoms with Crippen molar-refractivity contribution in [3.05, 3.63) is 84.0 Å². The average Bonchev–Trinajstić information content (AvgIpc) is 2.75. The number of aryl methyl sites for hydroxylation is 2. The zero-order chi connectivity index (χ0) is 21.8. The molecule has 2 rings (SSSR count). The van der Waals surface area contributed by atoms with Crippen LogP contribution in [0.4, 0.5) is 0 Å².